The van der Waals surface area contributed by atoms with Gasteiger partial charge in [-0.2, -0.15) is 0 Å². The number of barbiturate groups is 1. The Morgan fingerprint density at radius 3 is 2.36 bits per heavy atom. The molecule has 33 heavy (non-hydrogen) atoms. The highest BCUT2D eigenvalue weighted by atomic mass is 35.5. The van der Waals surface area contributed by atoms with Gasteiger partial charge in [-0.1, -0.05) is 29.8 Å². The van der Waals surface area contributed by atoms with Crippen molar-refractivity contribution in [2.45, 2.75) is 12.5 Å². The molecule has 1 atom stereocenters. The van der Waals surface area contributed by atoms with Crippen LogP contribution >= 0.6 is 11.6 Å². The zero-order valence-electron chi connectivity index (χ0n) is 18.7. The highest BCUT2D eigenvalue weighted by Gasteiger charge is 2.64. The van der Waals surface area contributed by atoms with E-state index in [1.165, 1.54) is 14.1 Å². The molecule has 0 bridgehead atoms. The van der Waals surface area contributed by atoms with Gasteiger partial charge in [0.1, 0.15) is 5.75 Å². The van der Waals surface area contributed by atoms with Crippen LogP contribution in [0.5, 0.6) is 5.75 Å². The topological polar surface area (TPSA) is 73.4 Å². The maximum Gasteiger partial charge on any atom is 0.332 e. The normalized spacial score (nSPS) is 21.9. The van der Waals surface area contributed by atoms with Gasteiger partial charge in [0, 0.05) is 44.4 Å². The Labute approximate surface area is 197 Å². The molecule has 0 unspecified atom stereocenters. The number of imide groups is 2. The summed E-state index contributed by atoms with van der Waals surface area (Å²) in [6.45, 7) is 1.67. The molecule has 4 amide bonds. The van der Waals surface area contributed by atoms with Gasteiger partial charge < -0.3 is 14.5 Å². The Hall–Kier alpha value is -3.26. The standard InChI is InChI=1S/C24H25ClN4O4/c1-26-21(30)24(22(31)27(2)23(26)32)13-15-8-9-16(25)12-18(15)29-11-10-28(14-20(24)29)17-6-4-5-7-19(17)33-3/h4-9,12,20H,10-11,13-14H2,1-3H3/t20-/m0/s1. The van der Waals surface area contributed by atoms with Crippen LogP contribution < -0.4 is 14.5 Å². The second-order valence-corrected chi connectivity index (χ2v) is 9.20. The third kappa shape index (κ3) is 3.00. The fourth-order valence-electron chi connectivity index (χ4n) is 5.50. The van der Waals surface area contributed by atoms with E-state index < -0.39 is 29.3 Å². The van der Waals surface area contributed by atoms with Gasteiger partial charge in [0.25, 0.3) is 0 Å². The Kier molecular flexibility index (Phi) is 5.01. The van der Waals surface area contributed by atoms with E-state index in [2.05, 4.69) is 9.80 Å². The molecule has 0 N–H and O–H groups in total. The molecule has 0 aromatic heterocycles. The molecule has 172 valence electrons. The van der Waals surface area contributed by atoms with Crippen molar-refractivity contribution in [1.82, 2.24) is 9.80 Å². The number of nitrogens with zero attached hydrogens (tertiary/aromatic N) is 4. The maximum atomic E-state index is 13.7. The number of hydrogen-bond donors (Lipinski definition) is 0. The molecule has 3 aliphatic heterocycles. The van der Waals surface area contributed by atoms with E-state index in [1.807, 2.05) is 36.4 Å². The fraction of sp³-hybridized carbons (Fsp3) is 0.375. The minimum absolute atomic E-state index is 0.208. The predicted molar refractivity (Wildman–Crippen MR) is 125 cm³/mol. The number of rotatable bonds is 2. The quantitative estimate of drug-likeness (QED) is 0.631. The number of urea groups is 1. The number of carbonyl (C=O) groups is 3. The van der Waals surface area contributed by atoms with Gasteiger partial charge in [-0.05, 0) is 36.2 Å². The van der Waals surface area contributed by atoms with E-state index in [1.54, 1.807) is 13.2 Å². The molecular formula is C24H25ClN4O4. The van der Waals surface area contributed by atoms with Crippen LogP contribution in [0.3, 0.4) is 0 Å². The van der Waals surface area contributed by atoms with E-state index in [0.29, 0.717) is 24.7 Å². The third-order valence-electron chi connectivity index (χ3n) is 7.15. The van der Waals surface area contributed by atoms with Crippen molar-refractivity contribution in [1.29, 1.82) is 0 Å². The first-order valence-electron chi connectivity index (χ1n) is 10.8. The molecule has 0 radical (unpaired) electrons. The molecule has 8 nitrogen and oxygen atoms in total. The number of anilines is 2. The number of carbonyl (C=O) groups excluding carboxylic acids is 3. The number of para-hydroxylation sites is 2. The van der Waals surface area contributed by atoms with Crippen LogP contribution in [0.4, 0.5) is 16.2 Å². The molecule has 2 saturated heterocycles. The number of halogens is 1. The van der Waals surface area contributed by atoms with Crippen molar-refractivity contribution < 1.29 is 19.1 Å². The molecule has 3 heterocycles. The number of fused-ring (bicyclic) bond motifs is 4. The average Bonchev–Trinajstić information content (AvgIpc) is 2.85. The van der Waals surface area contributed by atoms with Gasteiger partial charge in [-0.3, -0.25) is 19.4 Å². The zero-order valence-corrected chi connectivity index (χ0v) is 19.5. The Morgan fingerprint density at radius 1 is 0.970 bits per heavy atom. The molecular weight excluding hydrogens is 444 g/mol. The lowest BCUT2D eigenvalue weighted by molar-refractivity contribution is -0.159. The van der Waals surface area contributed by atoms with Crippen molar-refractivity contribution in [3.8, 4) is 5.75 Å². The number of hydrogen-bond acceptors (Lipinski definition) is 6. The van der Waals surface area contributed by atoms with Gasteiger partial charge in [-0.25, -0.2) is 4.79 Å². The lowest BCUT2D eigenvalue weighted by Gasteiger charge is -2.56. The van der Waals surface area contributed by atoms with E-state index >= 15 is 0 Å². The first kappa shape index (κ1) is 21.6. The monoisotopic (exact) mass is 468 g/mol. The molecule has 0 saturated carbocycles. The molecule has 1 spiro atoms. The van der Waals surface area contributed by atoms with Crippen LogP contribution in [-0.2, 0) is 16.0 Å². The van der Waals surface area contributed by atoms with Gasteiger partial charge in [0.15, 0.2) is 5.41 Å². The first-order chi connectivity index (χ1) is 15.8. The van der Waals surface area contributed by atoms with Crippen molar-refractivity contribution >= 4 is 40.8 Å². The number of piperazine rings is 1. The first-order valence-corrected chi connectivity index (χ1v) is 11.2. The molecule has 3 aliphatic rings. The Morgan fingerprint density at radius 2 is 1.67 bits per heavy atom. The van der Waals surface area contributed by atoms with Crippen molar-refractivity contribution in [2.75, 3.05) is 50.6 Å². The summed E-state index contributed by atoms with van der Waals surface area (Å²) in [5.41, 5.74) is 1.29. The summed E-state index contributed by atoms with van der Waals surface area (Å²) in [5.74, 6) is -0.203. The van der Waals surface area contributed by atoms with E-state index in [0.717, 1.165) is 32.5 Å². The minimum Gasteiger partial charge on any atom is -0.495 e. The number of benzene rings is 2. The molecule has 2 aromatic carbocycles. The van der Waals surface area contributed by atoms with Crippen LogP contribution in [0.2, 0.25) is 5.02 Å². The maximum absolute atomic E-state index is 13.7. The summed E-state index contributed by atoms with van der Waals surface area (Å²) in [5, 5.41) is 0.598. The van der Waals surface area contributed by atoms with E-state index in [9.17, 15) is 14.4 Å². The predicted octanol–water partition coefficient (Wildman–Crippen LogP) is 2.64. The summed E-state index contributed by atoms with van der Waals surface area (Å²) >= 11 is 6.32. The summed E-state index contributed by atoms with van der Waals surface area (Å²) in [6.07, 6.45) is 0.208. The summed E-state index contributed by atoms with van der Waals surface area (Å²) < 4.78 is 5.57. The lowest BCUT2D eigenvalue weighted by atomic mass is 9.67. The largest absolute Gasteiger partial charge is 0.495 e. The van der Waals surface area contributed by atoms with Crippen LogP contribution in [0.1, 0.15) is 5.56 Å². The number of ether oxygens (including phenoxy) is 1. The van der Waals surface area contributed by atoms with Crippen molar-refractivity contribution in [3.63, 3.8) is 0 Å². The number of amides is 4. The van der Waals surface area contributed by atoms with Crippen molar-refractivity contribution in [3.05, 3.63) is 53.1 Å². The third-order valence-corrected chi connectivity index (χ3v) is 7.38. The minimum atomic E-state index is -1.42. The summed E-state index contributed by atoms with van der Waals surface area (Å²) in [6, 6.07) is 12.2. The van der Waals surface area contributed by atoms with Crippen LogP contribution in [0.25, 0.3) is 0 Å². The number of methoxy groups -OCH3 is 1. The Balaban J connectivity index is 1.66. The highest BCUT2D eigenvalue weighted by Crippen LogP contribution is 2.48. The second-order valence-electron chi connectivity index (χ2n) is 8.76. The van der Waals surface area contributed by atoms with E-state index in [-0.39, 0.29) is 6.42 Å². The van der Waals surface area contributed by atoms with Gasteiger partial charge in [-0.15, -0.1) is 0 Å². The molecule has 0 aliphatic carbocycles. The van der Waals surface area contributed by atoms with Gasteiger partial charge in [0.05, 0.1) is 18.8 Å². The fourth-order valence-corrected chi connectivity index (χ4v) is 5.67. The average molecular weight is 469 g/mol. The Bertz CT molecular complexity index is 1140. The van der Waals surface area contributed by atoms with Crippen molar-refractivity contribution in [2.24, 2.45) is 5.41 Å². The smallest absolute Gasteiger partial charge is 0.332 e. The van der Waals surface area contributed by atoms with Crippen LogP contribution in [-0.4, -0.2) is 74.5 Å². The molecule has 2 fully saturated rings. The van der Waals surface area contributed by atoms with Crippen LogP contribution in [0.15, 0.2) is 42.5 Å². The summed E-state index contributed by atoms with van der Waals surface area (Å²) in [7, 11) is 4.51. The highest BCUT2D eigenvalue weighted by molar-refractivity contribution is 6.31. The zero-order chi connectivity index (χ0) is 23.5. The molecule has 9 heteroatoms. The van der Waals surface area contributed by atoms with Gasteiger partial charge in [0.2, 0.25) is 11.8 Å². The molecule has 5 rings (SSSR count). The second kappa shape index (κ2) is 7.66. The lowest BCUT2D eigenvalue weighted by Crippen LogP contribution is -2.74. The van der Waals surface area contributed by atoms with E-state index in [4.69, 9.17) is 16.3 Å². The summed E-state index contributed by atoms with van der Waals surface area (Å²) in [4.78, 5) is 46.4. The van der Waals surface area contributed by atoms with Gasteiger partial charge >= 0.3 is 6.03 Å². The molecule has 2 aromatic rings. The van der Waals surface area contributed by atoms with Crippen LogP contribution in [0, 0.1) is 5.41 Å². The SMILES string of the molecule is COc1ccccc1N1CCN2c3cc(Cl)ccc3CC3(C(=O)N(C)C(=O)N(C)C3=O)[C@@H]2C1.